The standard InChI is InChI=1S/C24H26N4O5S/c1-27(2)34(31,32)28-16-24(26-23(28)33-3,15-25-22(30)18-7-5-4-6-8-18)20-11-9-17-10-12-21(29)14-19(17)13-20/h4-14,29H,15-16H2,1-3H3,(H,25,30). The molecule has 34 heavy (non-hydrogen) atoms. The topological polar surface area (TPSA) is 112 Å². The summed E-state index contributed by atoms with van der Waals surface area (Å²) in [7, 11) is 0.315. The average Bonchev–Trinajstić information content (AvgIpc) is 3.23. The molecule has 1 atom stereocenters. The number of methoxy groups -OCH3 is 1. The summed E-state index contributed by atoms with van der Waals surface area (Å²) in [5.74, 6) is -0.193. The Hall–Kier alpha value is -3.63. The van der Waals surface area contributed by atoms with Crippen LogP contribution < -0.4 is 5.32 Å². The quantitative estimate of drug-likeness (QED) is 0.560. The molecule has 10 heteroatoms. The van der Waals surface area contributed by atoms with Crippen molar-refractivity contribution in [2.45, 2.75) is 5.54 Å². The van der Waals surface area contributed by atoms with E-state index in [1.165, 1.54) is 21.2 Å². The van der Waals surface area contributed by atoms with E-state index in [1.54, 1.807) is 42.5 Å². The Balaban J connectivity index is 1.78. The lowest BCUT2D eigenvalue weighted by molar-refractivity contribution is 0.0943. The first-order valence-corrected chi connectivity index (χ1v) is 12.0. The molecule has 9 nitrogen and oxygen atoms in total. The van der Waals surface area contributed by atoms with Crippen LogP contribution in [0.15, 0.2) is 71.7 Å². The lowest BCUT2D eigenvalue weighted by atomic mass is 9.89. The first-order valence-electron chi connectivity index (χ1n) is 10.6. The predicted molar refractivity (Wildman–Crippen MR) is 130 cm³/mol. The van der Waals surface area contributed by atoms with Crippen LogP contribution in [0.4, 0.5) is 0 Å². The van der Waals surface area contributed by atoms with Crippen molar-refractivity contribution in [1.29, 1.82) is 0 Å². The molecule has 3 aromatic carbocycles. The van der Waals surface area contributed by atoms with Crippen molar-refractivity contribution in [3.05, 3.63) is 77.9 Å². The number of benzene rings is 3. The number of rotatable bonds is 6. The van der Waals surface area contributed by atoms with Gasteiger partial charge in [-0.05, 0) is 46.7 Å². The number of phenolic OH excluding ortho intramolecular Hbond substituents is 1. The van der Waals surface area contributed by atoms with E-state index in [2.05, 4.69) is 10.3 Å². The molecule has 1 amide bonds. The van der Waals surface area contributed by atoms with Crippen LogP contribution in [0.3, 0.4) is 0 Å². The maximum atomic E-state index is 13.0. The van der Waals surface area contributed by atoms with E-state index >= 15 is 0 Å². The normalized spacial score (nSPS) is 18.2. The van der Waals surface area contributed by atoms with Gasteiger partial charge in [-0.25, -0.2) is 9.30 Å². The highest BCUT2D eigenvalue weighted by molar-refractivity contribution is 7.87. The molecule has 0 saturated heterocycles. The Morgan fingerprint density at radius 2 is 1.82 bits per heavy atom. The second-order valence-corrected chi connectivity index (χ2v) is 10.3. The Morgan fingerprint density at radius 1 is 1.12 bits per heavy atom. The zero-order valence-corrected chi connectivity index (χ0v) is 19.9. The first-order chi connectivity index (χ1) is 16.2. The molecular weight excluding hydrogens is 456 g/mol. The fourth-order valence-corrected chi connectivity index (χ4v) is 4.98. The summed E-state index contributed by atoms with van der Waals surface area (Å²) in [5, 5.41) is 14.5. The van der Waals surface area contributed by atoms with Crippen molar-refractivity contribution in [3.8, 4) is 5.75 Å². The number of fused-ring (bicyclic) bond motifs is 1. The molecule has 0 aliphatic carbocycles. The van der Waals surface area contributed by atoms with Crippen molar-refractivity contribution in [3.63, 3.8) is 0 Å². The van der Waals surface area contributed by atoms with Crippen LogP contribution in [0.5, 0.6) is 5.75 Å². The van der Waals surface area contributed by atoms with Crippen molar-refractivity contribution < 1.29 is 23.1 Å². The van der Waals surface area contributed by atoms with Gasteiger partial charge in [0.1, 0.15) is 11.3 Å². The number of hydrogen-bond donors (Lipinski definition) is 2. The third-order valence-corrected chi connectivity index (χ3v) is 7.55. The lowest BCUT2D eigenvalue weighted by Gasteiger charge is -2.29. The number of nitrogens with one attached hydrogen (secondary N) is 1. The van der Waals surface area contributed by atoms with Crippen molar-refractivity contribution in [2.24, 2.45) is 4.99 Å². The highest BCUT2D eigenvalue weighted by Crippen LogP contribution is 2.36. The molecule has 0 fully saturated rings. The Labute approximate surface area is 198 Å². The Kier molecular flexibility index (Phi) is 6.20. The van der Waals surface area contributed by atoms with Gasteiger partial charge in [0.25, 0.3) is 5.91 Å². The number of amides is 1. The van der Waals surface area contributed by atoms with E-state index in [-0.39, 0.29) is 30.8 Å². The fourth-order valence-electron chi connectivity index (χ4n) is 3.90. The minimum absolute atomic E-state index is 0.0252. The summed E-state index contributed by atoms with van der Waals surface area (Å²) >= 11 is 0. The number of carbonyl (C=O) groups is 1. The summed E-state index contributed by atoms with van der Waals surface area (Å²) < 4.78 is 33.5. The van der Waals surface area contributed by atoms with Crippen molar-refractivity contribution in [2.75, 3.05) is 34.3 Å². The van der Waals surface area contributed by atoms with Gasteiger partial charge in [0, 0.05) is 26.2 Å². The number of aromatic hydroxyl groups is 1. The fraction of sp³-hybridized carbons (Fsp3) is 0.250. The zero-order chi connectivity index (χ0) is 24.5. The zero-order valence-electron chi connectivity index (χ0n) is 19.1. The average molecular weight is 483 g/mol. The number of phenols is 1. The first kappa shape index (κ1) is 23.5. The van der Waals surface area contributed by atoms with E-state index in [0.717, 1.165) is 19.4 Å². The van der Waals surface area contributed by atoms with Gasteiger partial charge < -0.3 is 15.2 Å². The second kappa shape index (κ2) is 8.96. The SMILES string of the molecule is COC1=NC(CNC(=O)c2ccccc2)(c2ccc3ccc(O)cc3c2)CN1S(=O)(=O)N(C)C. The van der Waals surface area contributed by atoms with E-state index in [9.17, 15) is 18.3 Å². The molecule has 0 saturated carbocycles. The van der Waals surface area contributed by atoms with Gasteiger partial charge in [-0.1, -0.05) is 36.4 Å². The minimum Gasteiger partial charge on any atom is -0.508 e. The van der Waals surface area contributed by atoms with Gasteiger partial charge in [-0.3, -0.25) is 4.79 Å². The number of nitrogens with zero attached hydrogens (tertiary/aromatic N) is 3. The summed E-state index contributed by atoms with van der Waals surface area (Å²) in [4.78, 5) is 17.5. The smallest absolute Gasteiger partial charge is 0.307 e. The monoisotopic (exact) mass is 482 g/mol. The number of amidine groups is 1. The van der Waals surface area contributed by atoms with Gasteiger partial charge in [-0.2, -0.15) is 12.7 Å². The largest absolute Gasteiger partial charge is 0.508 e. The van der Waals surface area contributed by atoms with Crippen LogP contribution in [0.1, 0.15) is 15.9 Å². The summed E-state index contributed by atoms with van der Waals surface area (Å²) in [6.45, 7) is -0.0482. The highest BCUT2D eigenvalue weighted by atomic mass is 32.2. The molecule has 3 aromatic rings. The number of ether oxygens (including phenoxy) is 1. The van der Waals surface area contributed by atoms with Crippen LogP contribution in [-0.4, -0.2) is 68.4 Å². The van der Waals surface area contributed by atoms with E-state index in [0.29, 0.717) is 11.1 Å². The van der Waals surface area contributed by atoms with Gasteiger partial charge >= 0.3 is 16.2 Å². The Bertz CT molecular complexity index is 1360. The molecule has 2 N–H and O–H groups in total. The highest BCUT2D eigenvalue weighted by Gasteiger charge is 2.47. The molecule has 0 bridgehead atoms. The van der Waals surface area contributed by atoms with Crippen LogP contribution in [0, 0.1) is 0 Å². The number of aliphatic imine (C=N–C) groups is 1. The number of hydrogen-bond acceptors (Lipinski definition) is 6. The van der Waals surface area contributed by atoms with Crippen molar-refractivity contribution >= 4 is 32.9 Å². The van der Waals surface area contributed by atoms with Gasteiger partial charge in [0.05, 0.1) is 13.7 Å². The maximum Gasteiger partial charge on any atom is 0.307 e. The predicted octanol–water partition coefficient (Wildman–Crippen LogP) is 2.30. The molecule has 0 aromatic heterocycles. The molecule has 1 aliphatic rings. The van der Waals surface area contributed by atoms with Crippen LogP contribution in [0.25, 0.3) is 10.8 Å². The third-order valence-electron chi connectivity index (χ3n) is 5.79. The molecule has 1 aliphatic heterocycles. The lowest BCUT2D eigenvalue weighted by Crippen LogP contribution is -2.47. The molecule has 1 heterocycles. The van der Waals surface area contributed by atoms with Gasteiger partial charge in [0.2, 0.25) is 0 Å². The molecule has 0 spiro atoms. The van der Waals surface area contributed by atoms with E-state index in [1.807, 2.05) is 24.3 Å². The molecule has 178 valence electrons. The van der Waals surface area contributed by atoms with Crippen LogP contribution in [-0.2, 0) is 20.5 Å². The van der Waals surface area contributed by atoms with Crippen LogP contribution in [0.2, 0.25) is 0 Å². The summed E-state index contributed by atoms with van der Waals surface area (Å²) in [5.41, 5.74) is -0.00355. The van der Waals surface area contributed by atoms with Gasteiger partial charge in [0.15, 0.2) is 0 Å². The van der Waals surface area contributed by atoms with E-state index < -0.39 is 15.7 Å². The maximum absolute atomic E-state index is 13.0. The summed E-state index contributed by atoms with van der Waals surface area (Å²) in [6.07, 6.45) is 0. The molecule has 1 unspecified atom stereocenters. The molecular formula is C24H26N4O5S. The van der Waals surface area contributed by atoms with Crippen molar-refractivity contribution in [1.82, 2.24) is 13.9 Å². The summed E-state index contributed by atoms with van der Waals surface area (Å²) in [6, 6.07) is 19.2. The van der Waals surface area contributed by atoms with E-state index in [4.69, 9.17) is 4.74 Å². The minimum atomic E-state index is -3.90. The van der Waals surface area contributed by atoms with Gasteiger partial charge in [-0.15, -0.1) is 0 Å². The molecule has 4 rings (SSSR count). The molecule has 0 radical (unpaired) electrons. The second-order valence-electron chi connectivity index (χ2n) is 8.22. The number of carbonyl (C=O) groups excluding carboxylic acids is 1. The third kappa shape index (κ3) is 4.29. The van der Waals surface area contributed by atoms with Crippen LogP contribution >= 0.6 is 0 Å². The Morgan fingerprint density at radius 3 is 2.50 bits per heavy atom.